The molecule has 1 aromatic heterocycles. The number of piperidine rings is 1. The third-order valence-corrected chi connectivity index (χ3v) is 4.27. The third kappa shape index (κ3) is 5.78. The normalized spacial score (nSPS) is 18.4. The van der Waals surface area contributed by atoms with Crippen LogP contribution in [0.5, 0.6) is 0 Å². The summed E-state index contributed by atoms with van der Waals surface area (Å²) in [6, 6.07) is 0.108. The summed E-state index contributed by atoms with van der Waals surface area (Å²) in [4.78, 5) is 18.6. The van der Waals surface area contributed by atoms with E-state index in [4.69, 9.17) is 9.26 Å². The van der Waals surface area contributed by atoms with Crippen molar-refractivity contribution >= 4 is 6.09 Å². The fourth-order valence-electron chi connectivity index (χ4n) is 2.91. The number of nitrogens with one attached hydrogen (secondary N) is 1. The molecule has 1 saturated heterocycles. The first-order chi connectivity index (χ1) is 11.3. The maximum Gasteiger partial charge on any atom is 0.407 e. The first-order valence-electron chi connectivity index (χ1n) is 8.80. The van der Waals surface area contributed by atoms with Crippen LogP contribution in [0.25, 0.3) is 0 Å². The monoisotopic (exact) mass is 338 g/mol. The summed E-state index contributed by atoms with van der Waals surface area (Å²) in [5.74, 6) is 1.91. The summed E-state index contributed by atoms with van der Waals surface area (Å²) in [6.45, 7) is 12.3. The number of hydrogen-bond donors (Lipinski definition) is 1. The number of ether oxygens (including phenoxy) is 1. The van der Waals surface area contributed by atoms with Crippen LogP contribution < -0.4 is 5.32 Å². The minimum Gasteiger partial charge on any atom is -0.444 e. The lowest BCUT2D eigenvalue weighted by molar-refractivity contribution is 0.0471. The van der Waals surface area contributed by atoms with Gasteiger partial charge < -0.3 is 14.6 Å². The minimum atomic E-state index is -0.464. The van der Waals surface area contributed by atoms with Crippen LogP contribution in [0, 0.1) is 5.92 Å². The number of aromatic nitrogens is 2. The lowest BCUT2D eigenvalue weighted by Crippen LogP contribution is -2.45. The van der Waals surface area contributed by atoms with Crippen LogP contribution in [0.1, 0.15) is 59.2 Å². The molecular weight excluding hydrogens is 308 g/mol. The van der Waals surface area contributed by atoms with Crippen molar-refractivity contribution in [3.05, 3.63) is 11.7 Å². The lowest BCUT2D eigenvalue weighted by Gasteiger charge is -2.34. The molecule has 0 bridgehead atoms. The van der Waals surface area contributed by atoms with Gasteiger partial charge in [0.1, 0.15) is 5.60 Å². The van der Waals surface area contributed by atoms with Gasteiger partial charge in [-0.1, -0.05) is 12.1 Å². The van der Waals surface area contributed by atoms with Crippen molar-refractivity contribution in [3.63, 3.8) is 0 Å². The summed E-state index contributed by atoms with van der Waals surface area (Å²) in [5.41, 5.74) is -0.464. The van der Waals surface area contributed by atoms with E-state index < -0.39 is 5.60 Å². The number of nitrogens with zero attached hydrogens (tertiary/aromatic N) is 3. The van der Waals surface area contributed by atoms with Crippen molar-refractivity contribution in [2.24, 2.45) is 5.92 Å². The van der Waals surface area contributed by atoms with E-state index in [0.29, 0.717) is 18.4 Å². The minimum absolute atomic E-state index is 0.108. The molecule has 7 nitrogen and oxygen atoms in total. The topological polar surface area (TPSA) is 80.5 Å². The highest BCUT2D eigenvalue weighted by Crippen LogP contribution is 2.22. The highest BCUT2D eigenvalue weighted by Gasteiger charge is 2.27. The second-order valence-electron chi connectivity index (χ2n) is 7.51. The number of amides is 1. The van der Waals surface area contributed by atoms with E-state index >= 15 is 0 Å². The number of likely N-dealkylation sites (tertiary alicyclic amines) is 1. The van der Waals surface area contributed by atoms with Gasteiger partial charge in [0.25, 0.3) is 0 Å². The van der Waals surface area contributed by atoms with E-state index in [1.807, 2.05) is 27.7 Å². The van der Waals surface area contributed by atoms with Gasteiger partial charge in [-0.2, -0.15) is 4.98 Å². The zero-order valence-electron chi connectivity index (χ0n) is 15.5. The Balaban J connectivity index is 1.74. The largest absolute Gasteiger partial charge is 0.444 e. The summed E-state index contributed by atoms with van der Waals surface area (Å²) < 4.78 is 10.6. The zero-order valence-corrected chi connectivity index (χ0v) is 15.5. The van der Waals surface area contributed by atoms with E-state index in [0.717, 1.165) is 38.2 Å². The molecule has 1 fully saturated rings. The number of carbonyl (C=O) groups excluding carboxylic acids is 1. The Morgan fingerprint density at radius 1 is 1.42 bits per heavy atom. The molecule has 1 aromatic rings. The van der Waals surface area contributed by atoms with Crippen LogP contribution in [-0.2, 0) is 17.7 Å². The first kappa shape index (κ1) is 18.7. The predicted molar refractivity (Wildman–Crippen MR) is 90.5 cm³/mol. The van der Waals surface area contributed by atoms with Crippen molar-refractivity contribution in [1.29, 1.82) is 0 Å². The van der Waals surface area contributed by atoms with Gasteiger partial charge in [-0.25, -0.2) is 4.79 Å². The Morgan fingerprint density at radius 2 is 2.08 bits per heavy atom. The lowest BCUT2D eigenvalue weighted by atomic mass is 9.90. The van der Waals surface area contributed by atoms with Crippen molar-refractivity contribution < 1.29 is 14.1 Å². The molecule has 1 unspecified atom stereocenters. The van der Waals surface area contributed by atoms with E-state index in [1.54, 1.807) is 0 Å². The van der Waals surface area contributed by atoms with Crippen LogP contribution in [-0.4, -0.2) is 45.9 Å². The van der Waals surface area contributed by atoms with Gasteiger partial charge in [0, 0.05) is 12.5 Å². The highest BCUT2D eigenvalue weighted by molar-refractivity contribution is 5.68. The van der Waals surface area contributed by atoms with Gasteiger partial charge >= 0.3 is 6.09 Å². The number of alkyl carbamates (subject to hydrolysis) is 1. The molecule has 7 heteroatoms. The van der Waals surface area contributed by atoms with Gasteiger partial charge in [-0.3, -0.25) is 4.90 Å². The molecule has 1 aliphatic heterocycles. The van der Waals surface area contributed by atoms with Gasteiger partial charge in [0.05, 0.1) is 6.54 Å². The Hall–Kier alpha value is -1.63. The van der Waals surface area contributed by atoms with Crippen molar-refractivity contribution in [2.75, 3.05) is 13.1 Å². The Kier molecular flexibility index (Phi) is 6.21. The molecule has 1 atom stereocenters. The van der Waals surface area contributed by atoms with Crippen molar-refractivity contribution in [1.82, 2.24) is 20.4 Å². The van der Waals surface area contributed by atoms with Gasteiger partial charge in [0.15, 0.2) is 5.82 Å². The van der Waals surface area contributed by atoms with Crippen LogP contribution in [0.2, 0.25) is 0 Å². The molecule has 0 radical (unpaired) electrons. The zero-order chi connectivity index (χ0) is 17.7. The van der Waals surface area contributed by atoms with E-state index in [9.17, 15) is 4.79 Å². The smallest absolute Gasteiger partial charge is 0.407 e. The Morgan fingerprint density at radius 3 is 2.62 bits per heavy atom. The number of aryl methyl sites for hydroxylation is 1. The molecular formula is C17H30N4O3. The molecule has 2 rings (SSSR count). The van der Waals surface area contributed by atoms with Gasteiger partial charge in [-0.05, 0) is 59.5 Å². The molecule has 0 saturated carbocycles. The average Bonchev–Trinajstić information content (AvgIpc) is 2.93. The predicted octanol–water partition coefficient (Wildman–Crippen LogP) is 2.76. The first-order valence-corrected chi connectivity index (χ1v) is 8.80. The molecule has 0 aromatic carbocycles. The molecule has 24 heavy (non-hydrogen) atoms. The third-order valence-electron chi connectivity index (χ3n) is 4.27. The molecule has 1 aliphatic rings. The SMILES string of the molecule is CCc1noc(CN2CCC(C(C)NC(=O)OC(C)(C)C)CC2)n1. The van der Waals surface area contributed by atoms with E-state index in [1.165, 1.54) is 0 Å². The molecule has 1 N–H and O–H groups in total. The standard InChI is InChI=1S/C17H30N4O3/c1-6-14-19-15(24-20-14)11-21-9-7-13(8-10-21)12(2)18-16(22)23-17(3,4)5/h12-13H,6-11H2,1-5H3,(H,18,22). The highest BCUT2D eigenvalue weighted by atomic mass is 16.6. The Labute approximate surface area is 144 Å². The maximum absolute atomic E-state index is 11.9. The number of rotatable bonds is 5. The molecule has 1 amide bonds. The quantitative estimate of drug-likeness (QED) is 0.889. The summed E-state index contributed by atoms with van der Waals surface area (Å²) in [5, 5.41) is 6.89. The summed E-state index contributed by atoms with van der Waals surface area (Å²) in [7, 11) is 0. The fourth-order valence-corrected chi connectivity index (χ4v) is 2.91. The fraction of sp³-hybridized carbons (Fsp3) is 0.824. The van der Waals surface area contributed by atoms with E-state index in [-0.39, 0.29) is 12.1 Å². The van der Waals surface area contributed by atoms with Crippen LogP contribution >= 0.6 is 0 Å². The van der Waals surface area contributed by atoms with Gasteiger partial charge in [0.2, 0.25) is 5.89 Å². The molecule has 136 valence electrons. The average molecular weight is 338 g/mol. The molecule has 0 aliphatic carbocycles. The molecule has 2 heterocycles. The van der Waals surface area contributed by atoms with Crippen molar-refractivity contribution in [3.8, 4) is 0 Å². The van der Waals surface area contributed by atoms with Crippen LogP contribution in [0.15, 0.2) is 4.52 Å². The van der Waals surface area contributed by atoms with Crippen LogP contribution in [0.3, 0.4) is 0 Å². The number of hydrogen-bond acceptors (Lipinski definition) is 6. The van der Waals surface area contributed by atoms with Crippen molar-refractivity contribution in [2.45, 2.75) is 72.1 Å². The maximum atomic E-state index is 11.9. The Bertz CT molecular complexity index is 530. The number of carbonyl (C=O) groups is 1. The summed E-state index contributed by atoms with van der Waals surface area (Å²) in [6.07, 6.45) is 2.52. The van der Waals surface area contributed by atoms with Gasteiger partial charge in [-0.15, -0.1) is 0 Å². The van der Waals surface area contributed by atoms with Crippen LogP contribution in [0.4, 0.5) is 4.79 Å². The summed E-state index contributed by atoms with van der Waals surface area (Å²) >= 11 is 0. The second kappa shape index (κ2) is 7.96. The molecule has 0 spiro atoms. The second-order valence-corrected chi connectivity index (χ2v) is 7.51. The van der Waals surface area contributed by atoms with E-state index in [2.05, 4.69) is 27.3 Å².